The van der Waals surface area contributed by atoms with E-state index < -0.39 is 124 Å². The molecule has 0 radical (unpaired) electrons. The van der Waals surface area contributed by atoms with E-state index in [1.54, 1.807) is 6.08 Å². The molecule has 0 aromatic heterocycles. The van der Waals surface area contributed by atoms with Gasteiger partial charge >= 0.3 is 0 Å². The number of aliphatic hydroxyl groups is 11. The predicted molar refractivity (Wildman–Crippen MR) is 314 cm³/mol. The number of rotatable bonds is 46. The Morgan fingerprint density at radius 3 is 1.37 bits per heavy atom. The summed E-state index contributed by atoms with van der Waals surface area (Å²) in [5.41, 5.74) is 0. The zero-order valence-corrected chi connectivity index (χ0v) is 49.7. The molecule has 3 aliphatic rings. The van der Waals surface area contributed by atoms with Gasteiger partial charge in [0.1, 0.15) is 73.2 Å². The Morgan fingerprint density at radius 1 is 0.451 bits per heavy atom. The van der Waals surface area contributed by atoms with Crippen LogP contribution >= 0.6 is 0 Å². The Balaban J connectivity index is 1.50. The van der Waals surface area contributed by atoms with Gasteiger partial charge in [-0.25, -0.2) is 0 Å². The van der Waals surface area contributed by atoms with Gasteiger partial charge in [0.15, 0.2) is 18.9 Å². The molecule has 3 heterocycles. The Hall–Kier alpha value is -2.51. The standard InChI is InChI=1S/C63H111NO18/c1-3-5-7-9-11-13-15-17-19-20-21-22-23-24-25-27-28-30-32-34-36-38-40-47(68)46(64-51(69)41-39-37-35-33-31-29-26-18-16-14-12-10-8-6-4-2)45-77-61-57(75)54(72)59(49(43-66)79-61)82-63-58(76)55(73)60(50(44-67)80-63)81-62-56(74)53(71)52(70)48(42-65)78-62/h6,8,12,14,18,26,30,32,38,40,46-50,52-63,65-68,70-76H,3-5,7,9-11,13,15-17,19-25,27-29,31,33-37,39,41-45H2,1-2H3,(H,64,69)/b8-6-,14-12-,26-18-,32-30+,40-38+. The van der Waals surface area contributed by atoms with Gasteiger partial charge in [0, 0.05) is 6.42 Å². The Kier molecular flexibility index (Phi) is 41.2. The van der Waals surface area contributed by atoms with Crippen molar-refractivity contribution in [2.45, 2.75) is 304 Å². The van der Waals surface area contributed by atoms with Gasteiger partial charge in [-0.05, 0) is 64.2 Å². The van der Waals surface area contributed by atoms with Crippen LogP contribution in [0.3, 0.4) is 0 Å². The van der Waals surface area contributed by atoms with Gasteiger partial charge in [-0.3, -0.25) is 4.79 Å². The van der Waals surface area contributed by atoms with Crippen LogP contribution in [0.1, 0.15) is 200 Å². The molecule has 3 saturated heterocycles. The second-order valence-corrected chi connectivity index (χ2v) is 22.5. The first-order valence-corrected chi connectivity index (χ1v) is 31.5. The normalized spacial score (nSPS) is 30.0. The van der Waals surface area contributed by atoms with Crippen molar-refractivity contribution in [3.63, 3.8) is 0 Å². The van der Waals surface area contributed by atoms with E-state index in [-0.39, 0.29) is 18.9 Å². The fourth-order valence-electron chi connectivity index (χ4n) is 10.4. The van der Waals surface area contributed by atoms with Crippen molar-refractivity contribution in [1.82, 2.24) is 5.32 Å². The number of allylic oxidation sites excluding steroid dienone is 9. The molecule has 3 rings (SSSR count). The number of nitrogens with one attached hydrogen (secondary N) is 1. The number of hydrogen-bond acceptors (Lipinski definition) is 18. The van der Waals surface area contributed by atoms with Crippen molar-refractivity contribution in [1.29, 1.82) is 0 Å². The monoisotopic (exact) mass is 1170 g/mol. The molecule has 0 spiro atoms. The lowest BCUT2D eigenvalue weighted by Crippen LogP contribution is -2.66. The predicted octanol–water partition coefficient (Wildman–Crippen LogP) is 6.43. The summed E-state index contributed by atoms with van der Waals surface area (Å²) in [4.78, 5) is 13.3. The minimum absolute atomic E-state index is 0.214. The van der Waals surface area contributed by atoms with Gasteiger partial charge in [-0.1, -0.05) is 190 Å². The van der Waals surface area contributed by atoms with Crippen molar-refractivity contribution >= 4 is 5.91 Å². The van der Waals surface area contributed by atoms with Crippen molar-refractivity contribution in [2.24, 2.45) is 0 Å². The number of carbonyl (C=O) groups excluding carboxylic acids is 1. The molecule has 0 aromatic carbocycles. The van der Waals surface area contributed by atoms with E-state index in [2.05, 4.69) is 67.8 Å². The molecule has 17 unspecified atom stereocenters. The average molecular weight is 1170 g/mol. The summed E-state index contributed by atoms with van der Waals surface area (Å²) in [5.74, 6) is -0.304. The van der Waals surface area contributed by atoms with Gasteiger partial charge < -0.3 is 89.9 Å². The first-order chi connectivity index (χ1) is 39.8. The molecule has 476 valence electrons. The lowest BCUT2D eigenvalue weighted by Gasteiger charge is -2.48. The van der Waals surface area contributed by atoms with Crippen molar-refractivity contribution in [3.05, 3.63) is 60.8 Å². The summed E-state index contributed by atoms with van der Waals surface area (Å²) >= 11 is 0. The Morgan fingerprint density at radius 2 is 0.854 bits per heavy atom. The number of unbranched alkanes of at least 4 members (excludes halogenated alkanes) is 22. The number of ether oxygens (including phenoxy) is 6. The van der Waals surface area contributed by atoms with Crippen LogP contribution in [-0.2, 0) is 33.2 Å². The van der Waals surface area contributed by atoms with Crippen molar-refractivity contribution in [2.75, 3.05) is 26.4 Å². The molecule has 17 atom stereocenters. The van der Waals surface area contributed by atoms with Crippen LogP contribution in [0.2, 0.25) is 0 Å². The first kappa shape index (κ1) is 73.7. The lowest BCUT2D eigenvalue weighted by atomic mass is 9.96. The smallest absolute Gasteiger partial charge is 0.220 e. The van der Waals surface area contributed by atoms with E-state index in [1.165, 1.54) is 96.3 Å². The zero-order valence-electron chi connectivity index (χ0n) is 49.7. The third-order valence-electron chi connectivity index (χ3n) is 15.5. The molecular weight excluding hydrogens is 1060 g/mol. The largest absolute Gasteiger partial charge is 0.394 e. The minimum Gasteiger partial charge on any atom is -0.394 e. The van der Waals surface area contributed by atoms with Crippen LogP contribution in [0.15, 0.2) is 60.8 Å². The van der Waals surface area contributed by atoms with Crippen LogP contribution in [0, 0.1) is 0 Å². The maximum Gasteiger partial charge on any atom is 0.220 e. The number of hydrogen-bond donors (Lipinski definition) is 12. The summed E-state index contributed by atoms with van der Waals surface area (Å²) in [6.07, 6.45) is 26.3. The molecule has 3 aliphatic heterocycles. The summed E-state index contributed by atoms with van der Waals surface area (Å²) in [5, 5.41) is 120. The molecule has 0 saturated carbocycles. The summed E-state index contributed by atoms with van der Waals surface area (Å²) in [6, 6.07) is -1.00. The van der Waals surface area contributed by atoms with Crippen LogP contribution in [0.4, 0.5) is 0 Å². The maximum absolute atomic E-state index is 13.3. The number of aliphatic hydroxyl groups excluding tert-OH is 11. The Labute approximate surface area is 490 Å². The van der Waals surface area contributed by atoms with Gasteiger partial charge in [0.05, 0.1) is 38.6 Å². The van der Waals surface area contributed by atoms with E-state index in [0.29, 0.717) is 12.8 Å². The SMILES string of the molecule is CC/C=C\C/C=C\C/C=C\CCCCCCCC(=O)NC(COC1OC(CO)C(OC2OC(CO)C(OC3OC(CO)C(O)C(O)C3O)C(O)C2O)C(O)C1O)C(O)/C=C/CC/C=C/CCCCCCCCCCCCCCCCCC. The first-order valence-electron chi connectivity index (χ1n) is 31.5. The summed E-state index contributed by atoms with van der Waals surface area (Å²) in [7, 11) is 0. The van der Waals surface area contributed by atoms with Crippen molar-refractivity contribution < 1.29 is 89.4 Å². The molecule has 0 bridgehead atoms. The molecule has 19 nitrogen and oxygen atoms in total. The second kappa shape index (κ2) is 45.8. The molecule has 0 aliphatic carbocycles. The van der Waals surface area contributed by atoms with Crippen LogP contribution in [0.25, 0.3) is 0 Å². The lowest BCUT2D eigenvalue weighted by molar-refractivity contribution is -0.379. The fraction of sp³-hybridized carbons (Fsp3) is 0.825. The molecule has 12 N–H and O–H groups in total. The van der Waals surface area contributed by atoms with Gasteiger partial charge in [-0.15, -0.1) is 0 Å². The highest BCUT2D eigenvalue weighted by molar-refractivity contribution is 5.76. The van der Waals surface area contributed by atoms with Crippen LogP contribution in [-0.4, -0.2) is 193 Å². The zero-order chi connectivity index (χ0) is 59.7. The van der Waals surface area contributed by atoms with Crippen LogP contribution < -0.4 is 5.32 Å². The van der Waals surface area contributed by atoms with Gasteiger partial charge in [0.25, 0.3) is 0 Å². The van der Waals surface area contributed by atoms with E-state index in [0.717, 1.165) is 70.6 Å². The molecule has 82 heavy (non-hydrogen) atoms. The van der Waals surface area contributed by atoms with E-state index in [9.17, 15) is 61.0 Å². The molecule has 3 fully saturated rings. The number of carbonyl (C=O) groups is 1. The molecule has 0 aromatic rings. The van der Waals surface area contributed by atoms with E-state index in [4.69, 9.17) is 28.4 Å². The highest BCUT2D eigenvalue weighted by atomic mass is 16.8. The topological polar surface area (TPSA) is 307 Å². The Bertz CT molecular complexity index is 1730. The van der Waals surface area contributed by atoms with E-state index in [1.807, 2.05) is 6.08 Å². The highest BCUT2D eigenvalue weighted by Gasteiger charge is 2.53. The maximum atomic E-state index is 13.3. The summed E-state index contributed by atoms with van der Waals surface area (Å²) in [6.45, 7) is 1.57. The second-order valence-electron chi connectivity index (χ2n) is 22.5. The highest BCUT2D eigenvalue weighted by Crippen LogP contribution is 2.33. The molecule has 19 heteroatoms. The summed E-state index contributed by atoms with van der Waals surface area (Å²) < 4.78 is 34.2. The van der Waals surface area contributed by atoms with E-state index >= 15 is 0 Å². The molecular formula is C63H111NO18. The van der Waals surface area contributed by atoms with Gasteiger partial charge in [-0.2, -0.15) is 0 Å². The quantitative estimate of drug-likeness (QED) is 0.0231. The number of amides is 1. The van der Waals surface area contributed by atoms with Crippen LogP contribution in [0.5, 0.6) is 0 Å². The molecule has 1 amide bonds. The van der Waals surface area contributed by atoms with Gasteiger partial charge in [0.2, 0.25) is 5.91 Å². The third kappa shape index (κ3) is 28.8. The fourth-order valence-corrected chi connectivity index (χ4v) is 10.4. The minimum atomic E-state index is -1.98. The third-order valence-corrected chi connectivity index (χ3v) is 15.5. The van der Waals surface area contributed by atoms with Crippen molar-refractivity contribution in [3.8, 4) is 0 Å². The average Bonchev–Trinajstić information content (AvgIpc) is 3.40.